The van der Waals surface area contributed by atoms with Gasteiger partial charge in [0, 0.05) is 29.9 Å². The average Bonchev–Trinajstić information content (AvgIpc) is 3.30. The van der Waals surface area contributed by atoms with Gasteiger partial charge in [0.15, 0.2) is 11.6 Å². The minimum absolute atomic E-state index is 0.0299. The summed E-state index contributed by atoms with van der Waals surface area (Å²) < 4.78 is 1.71. The molecule has 0 radical (unpaired) electrons. The number of aliphatic hydroxyl groups excluding tert-OH is 1. The molecule has 3 aromatic rings. The molecule has 0 saturated carbocycles. The molecule has 1 saturated heterocycles. The summed E-state index contributed by atoms with van der Waals surface area (Å²) in [5, 5.41) is 16.8. The van der Waals surface area contributed by atoms with Crippen molar-refractivity contribution in [2.45, 2.75) is 13.5 Å². The highest BCUT2D eigenvalue weighted by Crippen LogP contribution is 2.29. The first kappa shape index (κ1) is 17.2. The normalized spacial score (nSPS) is 13.9. The molecule has 7 heteroatoms. The average molecular weight is 363 g/mol. The van der Waals surface area contributed by atoms with Crippen LogP contribution in [0.15, 0.2) is 48.5 Å². The van der Waals surface area contributed by atoms with Crippen molar-refractivity contribution in [1.29, 1.82) is 0 Å². The van der Waals surface area contributed by atoms with Crippen molar-refractivity contribution in [3.8, 4) is 22.8 Å². The quantitative estimate of drug-likeness (QED) is 0.729. The SMILES string of the molecule is Cc1ccc(-c2nc(-c3ccccc3)nn2CCO)cc1N1CCNC1=O. The molecule has 2 N–H and O–H groups in total. The molecule has 0 spiro atoms. The summed E-state index contributed by atoms with van der Waals surface area (Å²) in [4.78, 5) is 18.5. The van der Waals surface area contributed by atoms with Gasteiger partial charge in [0.1, 0.15) is 0 Å². The molecule has 0 bridgehead atoms. The summed E-state index contributed by atoms with van der Waals surface area (Å²) in [5.41, 5.74) is 3.66. The summed E-state index contributed by atoms with van der Waals surface area (Å²) in [6.45, 7) is 3.59. The Bertz CT molecular complexity index is 968. The third-order valence-corrected chi connectivity index (χ3v) is 4.63. The summed E-state index contributed by atoms with van der Waals surface area (Å²) >= 11 is 0. The number of amides is 2. The zero-order valence-electron chi connectivity index (χ0n) is 15.1. The van der Waals surface area contributed by atoms with Gasteiger partial charge in [-0.2, -0.15) is 5.10 Å². The molecule has 138 valence electrons. The summed E-state index contributed by atoms with van der Waals surface area (Å²) in [6, 6.07) is 15.6. The lowest BCUT2D eigenvalue weighted by Crippen LogP contribution is -2.28. The molecular weight excluding hydrogens is 342 g/mol. The molecule has 0 aliphatic carbocycles. The molecule has 2 aromatic carbocycles. The number of aliphatic hydroxyl groups is 1. The molecule has 1 aliphatic rings. The number of carbonyl (C=O) groups is 1. The monoisotopic (exact) mass is 363 g/mol. The van der Waals surface area contributed by atoms with Gasteiger partial charge in [0.25, 0.3) is 0 Å². The second kappa shape index (κ2) is 7.20. The topological polar surface area (TPSA) is 83.3 Å². The second-order valence-electron chi connectivity index (χ2n) is 6.46. The van der Waals surface area contributed by atoms with Crippen LogP contribution >= 0.6 is 0 Å². The largest absolute Gasteiger partial charge is 0.394 e. The van der Waals surface area contributed by atoms with Gasteiger partial charge in [-0.1, -0.05) is 42.5 Å². The van der Waals surface area contributed by atoms with Crippen LogP contribution in [0, 0.1) is 6.92 Å². The van der Waals surface area contributed by atoms with Crippen molar-refractivity contribution in [3.05, 3.63) is 54.1 Å². The highest BCUT2D eigenvalue weighted by Gasteiger charge is 2.23. The minimum Gasteiger partial charge on any atom is -0.394 e. The van der Waals surface area contributed by atoms with Crippen molar-refractivity contribution in [2.24, 2.45) is 0 Å². The lowest BCUT2D eigenvalue weighted by molar-refractivity contribution is 0.252. The first-order chi connectivity index (χ1) is 13.2. The lowest BCUT2D eigenvalue weighted by Gasteiger charge is -2.18. The smallest absolute Gasteiger partial charge is 0.322 e. The van der Waals surface area contributed by atoms with Crippen LogP contribution in [0.5, 0.6) is 0 Å². The Kier molecular flexibility index (Phi) is 4.60. The van der Waals surface area contributed by atoms with Gasteiger partial charge in [-0.25, -0.2) is 14.5 Å². The summed E-state index contributed by atoms with van der Waals surface area (Å²) in [6.07, 6.45) is 0. The molecule has 0 atom stereocenters. The molecule has 1 fully saturated rings. The number of carbonyl (C=O) groups excluding carboxylic acids is 1. The van der Waals surface area contributed by atoms with Crippen LogP contribution in [0.1, 0.15) is 5.56 Å². The van der Waals surface area contributed by atoms with E-state index in [1.165, 1.54) is 0 Å². The third kappa shape index (κ3) is 3.29. The van der Waals surface area contributed by atoms with Gasteiger partial charge in [0.2, 0.25) is 0 Å². The van der Waals surface area contributed by atoms with Crippen LogP contribution < -0.4 is 10.2 Å². The van der Waals surface area contributed by atoms with Crippen molar-refractivity contribution < 1.29 is 9.90 Å². The van der Waals surface area contributed by atoms with Crippen LogP contribution in [0.25, 0.3) is 22.8 Å². The maximum atomic E-state index is 12.1. The van der Waals surface area contributed by atoms with E-state index in [2.05, 4.69) is 10.4 Å². The molecule has 0 unspecified atom stereocenters. The standard InChI is InChI=1S/C20H21N5O2/c1-14-7-8-16(13-17(14)24-10-9-21-20(24)27)19-22-18(23-25(19)11-12-26)15-5-3-2-4-6-15/h2-8,13,26H,9-12H2,1H3,(H,21,27). The van der Waals surface area contributed by atoms with Crippen LogP contribution in [-0.2, 0) is 6.54 Å². The first-order valence-electron chi connectivity index (χ1n) is 8.95. The van der Waals surface area contributed by atoms with E-state index in [1.807, 2.05) is 55.5 Å². The number of urea groups is 1. The highest BCUT2D eigenvalue weighted by atomic mass is 16.3. The van der Waals surface area contributed by atoms with E-state index in [0.717, 1.165) is 22.4 Å². The van der Waals surface area contributed by atoms with Gasteiger partial charge < -0.3 is 10.4 Å². The van der Waals surface area contributed by atoms with E-state index in [4.69, 9.17) is 4.98 Å². The maximum absolute atomic E-state index is 12.1. The zero-order chi connectivity index (χ0) is 18.8. The molecule has 1 aromatic heterocycles. The number of benzene rings is 2. The van der Waals surface area contributed by atoms with Crippen LogP contribution in [0.2, 0.25) is 0 Å². The Morgan fingerprint density at radius 2 is 1.96 bits per heavy atom. The number of aromatic nitrogens is 3. The predicted molar refractivity (Wildman–Crippen MR) is 103 cm³/mol. The van der Waals surface area contributed by atoms with E-state index >= 15 is 0 Å². The molecule has 2 heterocycles. The van der Waals surface area contributed by atoms with Gasteiger partial charge in [0.05, 0.1) is 13.2 Å². The number of nitrogens with zero attached hydrogens (tertiary/aromatic N) is 4. The molecule has 1 aliphatic heterocycles. The fourth-order valence-electron chi connectivity index (χ4n) is 3.26. The lowest BCUT2D eigenvalue weighted by atomic mass is 10.1. The fourth-order valence-corrected chi connectivity index (χ4v) is 3.26. The number of rotatable bonds is 5. The number of hydrogen-bond donors (Lipinski definition) is 2. The summed E-state index contributed by atoms with van der Waals surface area (Å²) in [7, 11) is 0. The van der Waals surface area contributed by atoms with Gasteiger partial charge in [-0.05, 0) is 18.6 Å². The Balaban J connectivity index is 1.78. The van der Waals surface area contributed by atoms with Crippen LogP contribution in [0.3, 0.4) is 0 Å². The highest BCUT2D eigenvalue weighted by molar-refractivity contribution is 5.95. The molecular formula is C20H21N5O2. The van der Waals surface area contributed by atoms with Crippen LogP contribution in [-0.4, -0.2) is 45.6 Å². The maximum Gasteiger partial charge on any atom is 0.322 e. The Morgan fingerprint density at radius 3 is 2.67 bits per heavy atom. The van der Waals surface area contributed by atoms with E-state index < -0.39 is 0 Å². The second-order valence-corrected chi connectivity index (χ2v) is 6.46. The molecule has 2 amide bonds. The fraction of sp³-hybridized carbons (Fsp3) is 0.250. The Labute approximate surface area is 157 Å². The van der Waals surface area contributed by atoms with E-state index in [-0.39, 0.29) is 12.6 Å². The van der Waals surface area contributed by atoms with Gasteiger partial charge >= 0.3 is 6.03 Å². The van der Waals surface area contributed by atoms with Crippen LogP contribution in [0.4, 0.5) is 10.5 Å². The zero-order valence-corrected chi connectivity index (χ0v) is 15.1. The number of hydrogen-bond acceptors (Lipinski definition) is 4. The molecule has 7 nitrogen and oxygen atoms in total. The van der Waals surface area contributed by atoms with Gasteiger partial charge in [-0.3, -0.25) is 4.90 Å². The van der Waals surface area contributed by atoms with Crippen molar-refractivity contribution in [3.63, 3.8) is 0 Å². The Hall–Kier alpha value is -3.19. The summed E-state index contributed by atoms with van der Waals surface area (Å²) in [5.74, 6) is 1.28. The number of aryl methyl sites for hydroxylation is 1. The van der Waals surface area contributed by atoms with Crippen molar-refractivity contribution in [2.75, 3.05) is 24.6 Å². The van der Waals surface area contributed by atoms with Crippen molar-refractivity contribution >= 4 is 11.7 Å². The molecule has 27 heavy (non-hydrogen) atoms. The number of anilines is 1. The predicted octanol–water partition coefficient (Wildman–Crippen LogP) is 2.44. The van der Waals surface area contributed by atoms with E-state index in [1.54, 1.807) is 9.58 Å². The molecule has 4 rings (SSSR count). The third-order valence-electron chi connectivity index (χ3n) is 4.63. The number of nitrogens with one attached hydrogen (secondary N) is 1. The van der Waals surface area contributed by atoms with E-state index in [9.17, 15) is 9.90 Å². The van der Waals surface area contributed by atoms with Gasteiger partial charge in [-0.15, -0.1) is 0 Å². The Morgan fingerprint density at radius 1 is 1.15 bits per heavy atom. The minimum atomic E-state index is -0.0861. The van der Waals surface area contributed by atoms with Crippen molar-refractivity contribution in [1.82, 2.24) is 20.1 Å². The van der Waals surface area contributed by atoms with E-state index in [0.29, 0.717) is 31.3 Å². The first-order valence-corrected chi connectivity index (χ1v) is 8.95.